The highest BCUT2D eigenvalue weighted by Gasteiger charge is 2.22. The van der Waals surface area contributed by atoms with E-state index in [0.29, 0.717) is 43.8 Å². The second-order valence-electron chi connectivity index (χ2n) is 7.40. The molecule has 2 atom stereocenters. The van der Waals surface area contributed by atoms with Crippen LogP contribution >= 0.6 is 11.6 Å². The van der Waals surface area contributed by atoms with Crippen molar-refractivity contribution in [2.24, 2.45) is 16.0 Å². The minimum absolute atomic E-state index is 0.0258. The number of hydrazone groups is 1. The van der Waals surface area contributed by atoms with Gasteiger partial charge in [0.15, 0.2) is 5.83 Å². The molecule has 2 unspecified atom stereocenters. The topological polar surface area (TPSA) is 86.2 Å². The van der Waals surface area contributed by atoms with E-state index in [1.54, 1.807) is 12.4 Å². The van der Waals surface area contributed by atoms with Gasteiger partial charge in [-0.2, -0.15) is 5.10 Å². The molecule has 4 rings (SSSR count). The Morgan fingerprint density at radius 2 is 2.19 bits per heavy atom. The summed E-state index contributed by atoms with van der Waals surface area (Å²) >= 11 is 6.31. The lowest BCUT2D eigenvalue weighted by molar-refractivity contribution is 0.0498. The van der Waals surface area contributed by atoms with Crippen LogP contribution in [0.1, 0.15) is 12.6 Å². The Morgan fingerprint density at radius 3 is 2.94 bits per heavy atom. The number of guanidine groups is 1. The molecule has 0 radical (unpaired) electrons. The highest BCUT2D eigenvalue weighted by atomic mass is 35.5. The molecule has 1 saturated heterocycles. The maximum Gasteiger partial charge on any atom is 0.218 e. The summed E-state index contributed by atoms with van der Waals surface area (Å²) in [5.74, 6) is 0.800. The molecule has 10 heteroatoms. The van der Waals surface area contributed by atoms with Crippen LogP contribution < -0.4 is 16.1 Å². The molecular weight excluding hydrogens is 421 g/mol. The van der Waals surface area contributed by atoms with Gasteiger partial charge in [0, 0.05) is 18.1 Å². The lowest BCUT2D eigenvalue weighted by Gasteiger charge is -2.32. The third-order valence-electron chi connectivity index (χ3n) is 5.17. The van der Waals surface area contributed by atoms with Crippen LogP contribution in [-0.4, -0.2) is 60.9 Å². The summed E-state index contributed by atoms with van der Waals surface area (Å²) in [6.07, 6.45) is 9.29. The second kappa shape index (κ2) is 9.93. The molecule has 0 aromatic carbocycles. The number of pyridine rings is 1. The van der Waals surface area contributed by atoms with Crippen molar-refractivity contribution in [1.29, 1.82) is 0 Å². The summed E-state index contributed by atoms with van der Waals surface area (Å²) in [4.78, 5) is 10.4. The Bertz CT molecular complexity index is 936. The summed E-state index contributed by atoms with van der Waals surface area (Å²) in [7, 11) is 0. The first kappa shape index (κ1) is 21.3. The zero-order valence-electron chi connectivity index (χ0n) is 17.2. The van der Waals surface area contributed by atoms with Gasteiger partial charge in [0.1, 0.15) is 5.82 Å². The quantitative estimate of drug-likeness (QED) is 0.477. The number of nitrogens with zero attached hydrogens (tertiary/aromatic N) is 4. The van der Waals surface area contributed by atoms with Crippen molar-refractivity contribution in [3.05, 3.63) is 58.9 Å². The molecule has 164 valence electrons. The highest BCUT2D eigenvalue weighted by molar-refractivity contribution is 6.30. The van der Waals surface area contributed by atoms with E-state index in [-0.39, 0.29) is 24.3 Å². The number of aliphatic imine (C=N–C) groups is 1. The molecule has 3 N–H and O–H groups in total. The Balaban J connectivity index is 1.30. The molecule has 1 fully saturated rings. The Morgan fingerprint density at radius 1 is 1.35 bits per heavy atom. The van der Waals surface area contributed by atoms with Gasteiger partial charge in [0.05, 0.1) is 49.6 Å². The molecule has 0 saturated carbocycles. The summed E-state index contributed by atoms with van der Waals surface area (Å²) in [6, 6.07) is 3.80. The molecule has 0 amide bonds. The van der Waals surface area contributed by atoms with Gasteiger partial charge in [-0.1, -0.05) is 30.7 Å². The minimum Gasteiger partial charge on any atom is -0.378 e. The van der Waals surface area contributed by atoms with Crippen LogP contribution in [0.2, 0.25) is 0 Å². The lowest BCUT2D eigenvalue weighted by Crippen LogP contribution is -2.47. The largest absolute Gasteiger partial charge is 0.378 e. The van der Waals surface area contributed by atoms with Gasteiger partial charge in [-0.3, -0.25) is 4.98 Å². The summed E-state index contributed by atoms with van der Waals surface area (Å²) in [5, 5.41) is 11.3. The number of morpholine rings is 1. The highest BCUT2D eigenvalue weighted by Crippen LogP contribution is 2.25. The average molecular weight is 446 g/mol. The fourth-order valence-electron chi connectivity index (χ4n) is 3.44. The van der Waals surface area contributed by atoms with E-state index < -0.39 is 0 Å². The molecule has 3 aliphatic rings. The molecular formula is C21H25ClFN7O. The second-order valence-corrected chi connectivity index (χ2v) is 7.84. The number of nitrogens with one attached hydrogen (secondary N) is 3. The number of rotatable bonds is 5. The van der Waals surface area contributed by atoms with Gasteiger partial charge in [-0.15, -0.1) is 0 Å². The normalized spacial score (nSPS) is 24.0. The van der Waals surface area contributed by atoms with E-state index in [1.807, 2.05) is 29.2 Å². The molecule has 1 aromatic rings. The maximum absolute atomic E-state index is 14.2. The average Bonchev–Trinajstić information content (AvgIpc) is 2.79. The van der Waals surface area contributed by atoms with Gasteiger partial charge in [-0.05, 0) is 24.1 Å². The first-order valence-corrected chi connectivity index (χ1v) is 10.6. The van der Waals surface area contributed by atoms with Crippen molar-refractivity contribution in [1.82, 2.24) is 20.6 Å². The van der Waals surface area contributed by atoms with E-state index in [1.165, 1.54) is 0 Å². The number of hydrogen-bond acceptors (Lipinski definition) is 8. The van der Waals surface area contributed by atoms with Crippen molar-refractivity contribution in [2.45, 2.75) is 13.0 Å². The Hall–Kier alpha value is -2.91. The van der Waals surface area contributed by atoms with Crippen molar-refractivity contribution in [3.8, 4) is 0 Å². The van der Waals surface area contributed by atoms with E-state index in [0.717, 1.165) is 10.7 Å². The number of halogens is 2. The zero-order valence-corrected chi connectivity index (χ0v) is 17.9. The van der Waals surface area contributed by atoms with Gasteiger partial charge >= 0.3 is 0 Å². The summed E-state index contributed by atoms with van der Waals surface area (Å²) < 4.78 is 19.5. The van der Waals surface area contributed by atoms with Crippen molar-refractivity contribution in [3.63, 3.8) is 0 Å². The molecule has 8 nitrogen and oxygen atoms in total. The monoisotopic (exact) mass is 445 g/mol. The third-order valence-corrected chi connectivity index (χ3v) is 5.53. The molecule has 2 aliphatic heterocycles. The first-order chi connectivity index (χ1) is 15.1. The third kappa shape index (κ3) is 5.42. The predicted octanol–water partition coefficient (Wildman–Crippen LogP) is 2.54. The van der Waals surface area contributed by atoms with Crippen LogP contribution in [0.4, 0.5) is 10.1 Å². The predicted molar refractivity (Wildman–Crippen MR) is 121 cm³/mol. The van der Waals surface area contributed by atoms with Crippen molar-refractivity contribution >= 4 is 29.5 Å². The van der Waals surface area contributed by atoms with Crippen molar-refractivity contribution < 1.29 is 9.13 Å². The first-order valence-electron chi connectivity index (χ1n) is 10.2. The molecule has 3 heterocycles. The summed E-state index contributed by atoms with van der Waals surface area (Å²) in [6.45, 7) is 4.50. The number of ether oxygens (including phenoxy) is 1. The standard InChI is InChI=1S/C21H25ClFN7O/c1-14-3-2-4-17(22)19(14)27-16-6-5-15(24-11-16)12-26-29-21-25-13-18(23)20(28-21)30-7-9-31-10-8-30/h2-6,11-12,14,19,27H,7-10,13H2,1H3,(H2,25,28,29)/b26-12-. The fraction of sp³-hybridized carbons (Fsp3) is 0.381. The minimum atomic E-state index is -0.293. The van der Waals surface area contributed by atoms with Crippen LogP contribution in [0.25, 0.3) is 0 Å². The molecule has 31 heavy (non-hydrogen) atoms. The van der Waals surface area contributed by atoms with E-state index >= 15 is 0 Å². The molecule has 1 aromatic heterocycles. The van der Waals surface area contributed by atoms with Crippen LogP contribution in [0.3, 0.4) is 0 Å². The Labute approximate surface area is 185 Å². The van der Waals surface area contributed by atoms with Crippen LogP contribution in [0, 0.1) is 5.92 Å². The van der Waals surface area contributed by atoms with Crippen LogP contribution in [0.15, 0.2) is 63.3 Å². The van der Waals surface area contributed by atoms with E-state index in [2.05, 4.69) is 44.1 Å². The van der Waals surface area contributed by atoms with E-state index in [4.69, 9.17) is 16.3 Å². The zero-order chi connectivity index (χ0) is 21.6. The number of anilines is 1. The van der Waals surface area contributed by atoms with Crippen LogP contribution in [0.5, 0.6) is 0 Å². The van der Waals surface area contributed by atoms with Gasteiger partial charge < -0.3 is 20.3 Å². The van der Waals surface area contributed by atoms with Crippen LogP contribution in [-0.2, 0) is 4.74 Å². The van der Waals surface area contributed by atoms with E-state index in [9.17, 15) is 4.39 Å². The molecule has 0 spiro atoms. The lowest BCUT2D eigenvalue weighted by atomic mass is 9.97. The molecule has 1 aliphatic carbocycles. The smallest absolute Gasteiger partial charge is 0.218 e. The molecule has 0 bridgehead atoms. The van der Waals surface area contributed by atoms with Gasteiger partial charge in [-0.25, -0.2) is 14.8 Å². The number of allylic oxidation sites excluding steroid dienone is 2. The number of aromatic nitrogens is 1. The SMILES string of the molecule is CC1C=CC=C(Cl)C1Nc1ccc(/C=N\NC2=NCC(F)=C(N3CCOCC3)N2)nc1. The summed E-state index contributed by atoms with van der Waals surface area (Å²) in [5.41, 5.74) is 4.36. The maximum atomic E-state index is 14.2. The van der Waals surface area contributed by atoms with Crippen molar-refractivity contribution in [2.75, 3.05) is 38.2 Å². The van der Waals surface area contributed by atoms with Gasteiger partial charge in [0.2, 0.25) is 5.96 Å². The van der Waals surface area contributed by atoms with Gasteiger partial charge in [0.25, 0.3) is 0 Å². The number of hydrogen-bond donors (Lipinski definition) is 3. The fourth-order valence-corrected chi connectivity index (χ4v) is 3.76. The Kier molecular flexibility index (Phi) is 6.83.